The van der Waals surface area contributed by atoms with E-state index in [0.717, 1.165) is 48.5 Å². The van der Waals surface area contributed by atoms with Crippen LogP contribution in [-0.2, 0) is 85.7 Å². The van der Waals surface area contributed by atoms with Gasteiger partial charge in [-0.1, -0.05) is 0 Å². The Morgan fingerprint density at radius 1 is 0.444 bits per heavy atom. The first-order chi connectivity index (χ1) is 21.0. The molecule has 45 heavy (non-hydrogen) atoms. The largest absolute Gasteiger partial charge is 0.463 e. The fraction of sp³-hybridized carbons (Fsp3) is 0.741. The molecule has 0 aromatic rings. The fourth-order valence-electron chi connectivity index (χ4n) is 4.69. The van der Waals surface area contributed by atoms with E-state index in [9.17, 15) is 33.6 Å². The molecule has 0 aliphatic carbocycles. The Bertz CT molecular complexity index is 1110. The summed E-state index contributed by atoms with van der Waals surface area (Å²) >= 11 is 0. The summed E-state index contributed by atoms with van der Waals surface area (Å²) in [6.07, 6.45) is -15.3. The van der Waals surface area contributed by atoms with Gasteiger partial charge in [0.15, 0.2) is 36.6 Å². The summed E-state index contributed by atoms with van der Waals surface area (Å²) in [6, 6.07) is 0. The Hall–Kier alpha value is -3.87. The number of hydrogen-bond acceptors (Lipinski definition) is 18. The number of carbonyl (C=O) groups excluding carboxylic acids is 7. The second-order valence-electron chi connectivity index (χ2n) is 9.92. The summed E-state index contributed by atoms with van der Waals surface area (Å²) in [5.74, 6) is -5.89. The van der Waals surface area contributed by atoms with Crippen LogP contribution in [0.15, 0.2) is 0 Å². The third-order valence-corrected chi connectivity index (χ3v) is 6.04. The molecule has 18 heteroatoms. The molecule has 0 aromatic carbocycles. The van der Waals surface area contributed by atoms with Gasteiger partial charge in [0.05, 0.1) is 6.61 Å². The minimum Gasteiger partial charge on any atom is -0.463 e. The van der Waals surface area contributed by atoms with Crippen LogP contribution in [0.4, 0.5) is 0 Å². The number of esters is 7. The minimum atomic E-state index is -1.76. The zero-order valence-corrected chi connectivity index (χ0v) is 26.0. The van der Waals surface area contributed by atoms with E-state index in [1.807, 2.05) is 0 Å². The Labute approximate surface area is 258 Å². The predicted molar refractivity (Wildman–Crippen MR) is 140 cm³/mol. The lowest BCUT2D eigenvalue weighted by Gasteiger charge is -2.48. The summed E-state index contributed by atoms with van der Waals surface area (Å²) in [5, 5.41) is 0. The Kier molecular flexibility index (Phi) is 14.1. The van der Waals surface area contributed by atoms with Crippen molar-refractivity contribution in [2.24, 2.45) is 0 Å². The van der Waals surface area contributed by atoms with Gasteiger partial charge in [0.2, 0.25) is 12.6 Å². The molecule has 10 atom stereocenters. The van der Waals surface area contributed by atoms with Crippen molar-refractivity contribution in [1.82, 2.24) is 0 Å². The van der Waals surface area contributed by atoms with Gasteiger partial charge in [-0.25, -0.2) is 0 Å². The molecule has 0 aromatic heterocycles. The van der Waals surface area contributed by atoms with E-state index >= 15 is 0 Å². The lowest BCUT2D eigenvalue weighted by Crippen LogP contribution is -2.66. The van der Waals surface area contributed by atoms with Crippen LogP contribution >= 0.6 is 0 Å². The second kappa shape index (κ2) is 17.0. The molecular formula is C27H38O18. The van der Waals surface area contributed by atoms with Gasteiger partial charge < -0.3 is 52.1 Å². The van der Waals surface area contributed by atoms with Crippen LogP contribution in [-0.4, -0.2) is 124 Å². The van der Waals surface area contributed by atoms with Gasteiger partial charge in [-0.2, -0.15) is 0 Å². The highest BCUT2D eigenvalue weighted by atomic mass is 16.8. The van der Waals surface area contributed by atoms with Gasteiger partial charge in [0, 0.05) is 55.6 Å². The molecule has 0 bridgehead atoms. The Morgan fingerprint density at radius 3 is 1.07 bits per heavy atom. The van der Waals surface area contributed by atoms with Gasteiger partial charge in [0.25, 0.3) is 0 Å². The van der Waals surface area contributed by atoms with Gasteiger partial charge in [-0.3, -0.25) is 33.6 Å². The van der Waals surface area contributed by atoms with E-state index in [0.29, 0.717) is 0 Å². The molecule has 2 saturated heterocycles. The zero-order chi connectivity index (χ0) is 34.0. The zero-order valence-electron chi connectivity index (χ0n) is 26.0. The highest BCUT2D eigenvalue weighted by molar-refractivity contribution is 5.69. The van der Waals surface area contributed by atoms with Crippen molar-refractivity contribution in [3.8, 4) is 0 Å². The number of hydrogen-bond donors (Lipinski definition) is 0. The average molecular weight is 651 g/mol. The van der Waals surface area contributed by atoms with E-state index in [1.165, 1.54) is 7.11 Å². The summed E-state index contributed by atoms with van der Waals surface area (Å²) in [6.45, 7) is 6.63. The number of ether oxygens (including phenoxy) is 11. The molecule has 2 rings (SSSR count). The molecule has 0 unspecified atom stereocenters. The van der Waals surface area contributed by atoms with Crippen molar-refractivity contribution in [2.45, 2.75) is 110 Å². The molecule has 0 radical (unpaired) electrons. The molecule has 2 aliphatic heterocycles. The van der Waals surface area contributed by atoms with Crippen molar-refractivity contribution < 1.29 is 85.7 Å². The first kappa shape index (κ1) is 37.3. The average Bonchev–Trinajstić information content (AvgIpc) is 2.89. The molecule has 0 N–H and O–H groups in total. The van der Waals surface area contributed by atoms with E-state index in [4.69, 9.17) is 52.1 Å². The van der Waals surface area contributed by atoms with Crippen LogP contribution in [0.5, 0.6) is 0 Å². The quantitative estimate of drug-likeness (QED) is 0.187. The molecule has 254 valence electrons. The summed E-state index contributed by atoms with van der Waals surface area (Å²) in [4.78, 5) is 84.2. The lowest BCUT2D eigenvalue weighted by atomic mass is 9.96. The van der Waals surface area contributed by atoms with Crippen LogP contribution in [0.1, 0.15) is 48.5 Å². The molecule has 2 fully saturated rings. The SMILES string of the molecule is COC[C@H]1O[C@H](O[C@H]2O[C@H](COC(C)=O)[C@@H](OC(C)=O)[C@H](OC(C)=O)[C@H]2OC(C)=O)[C@H](OC(C)=O)[C@@H](OC(C)=O)[C@@H]1OC(C)=O. The first-order valence-corrected chi connectivity index (χ1v) is 13.7. The Morgan fingerprint density at radius 2 is 0.756 bits per heavy atom. The topological polar surface area (TPSA) is 221 Å². The lowest BCUT2D eigenvalue weighted by molar-refractivity contribution is -0.377. The molecule has 2 heterocycles. The second-order valence-corrected chi connectivity index (χ2v) is 9.92. The van der Waals surface area contributed by atoms with E-state index < -0.39 is 110 Å². The number of rotatable bonds is 12. The number of methoxy groups -OCH3 is 1. The normalized spacial score (nSPS) is 31.0. The van der Waals surface area contributed by atoms with E-state index in [-0.39, 0.29) is 6.61 Å². The highest BCUT2D eigenvalue weighted by Gasteiger charge is 2.57. The first-order valence-electron chi connectivity index (χ1n) is 13.7. The van der Waals surface area contributed by atoms with Crippen molar-refractivity contribution in [3.63, 3.8) is 0 Å². The van der Waals surface area contributed by atoms with Crippen LogP contribution in [0.25, 0.3) is 0 Å². The summed E-state index contributed by atoms with van der Waals surface area (Å²) in [5.41, 5.74) is 0. The highest BCUT2D eigenvalue weighted by Crippen LogP contribution is 2.35. The summed E-state index contributed by atoms with van der Waals surface area (Å²) < 4.78 is 60.5. The van der Waals surface area contributed by atoms with E-state index in [2.05, 4.69) is 0 Å². The van der Waals surface area contributed by atoms with Crippen molar-refractivity contribution in [1.29, 1.82) is 0 Å². The molecule has 0 amide bonds. The predicted octanol–water partition coefficient (Wildman–Crippen LogP) is -0.747. The van der Waals surface area contributed by atoms with Crippen molar-refractivity contribution in [2.75, 3.05) is 20.3 Å². The maximum atomic E-state index is 12.2. The maximum Gasteiger partial charge on any atom is 0.303 e. The third kappa shape index (κ3) is 11.2. The van der Waals surface area contributed by atoms with E-state index in [1.54, 1.807) is 0 Å². The Balaban J connectivity index is 2.66. The molecular weight excluding hydrogens is 612 g/mol. The van der Waals surface area contributed by atoms with Gasteiger partial charge >= 0.3 is 41.8 Å². The van der Waals surface area contributed by atoms with Crippen LogP contribution in [0, 0.1) is 0 Å². The monoisotopic (exact) mass is 650 g/mol. The van der Waals surface area contributed by atoms with Crippen LogP contribution < -0.4 is 0 Å². The standard InChI is InChI=1S/C27H38O18/c1-11(28)36-10-19-21(38-13(3)30)23(40-15(5)32)25(42-17(7)34)27(44-19)45-26-24(41-16(6)33)22(39-14(4)31)20(37-12(2)29)18(43-26)9-35-8/h18-27H,9-10H2,1-8H3/t18-,19-,20-,21-,22+,23+,24-,25-,26-,27-/m1/s1. The molecule has 0 spiro atoms. The third-order valence-electron chi connectivity index (χ3n) is 6.04. The minimum absolute atomic E-state index is 0.249. The van der Waals surface area contributed by atoms with Crippen LogP contribution in [0.2, 0.25) is 0 Å². The van der Waals surface area contributed by atoms with Crippen molar-refractivity contribution in [3.05, 3.63) is 0 Å². The molecule has 0 saturated carbocycles. The molecule has 2 aliphatic rings. The van der Waals surface area contributed by atoms with Gasteiger partial charge in [0.1, 0.15) is 18.8 Å². The summed E-state index contributed by atoms with van der Waals surface area (Å²) in [7, 11) is 1.31. The van der Waals surface area contributed by atoms with Gasteiger partial charge in [-0.05, 0) is 0 Å². The fourth-order valence-corrected chi connectivity index (χ4v) is 4.69. The maximum absolute atomic E-state index is 12.2. The van der Waals surface area contributed by atoms with Gasteiger partial charge in [-0.15, -0.1) is 0 Å². The smallest absolute Gasteiger partial charge is 0.303 e. The molecule has 18 nitrogen and oxygen atoms in total. The van der Waals surface area contributed by atoms with Crippen molar-refractivity contribution >= 4 is 41.8 Å². The number of carbonyl (C=O) groups is 7. The van der Waals surface area contributed by atoms with Crippen LogP contribution in [0.3, 0.4) is 0 Å².